The van der Waals surface area contributed by atoms with Crippen molar-refractivity contribution in [2.75, 3.05) is 5.73 Å². The van der Waals surface area contributed by atoms with Crippen LogP contribution in [0.5, 0.6) is 5.75 Å². The molecular weight excluding hydrogens is 170 g/mol. The van der Waals surface area contributed by atoms with Gasteiger partial charge in [-0.25, -0.2) is 10.6 Å². The van der Waals surface area contributed by atoms with Crippen molar-refractivity contribution in [2.24, 2.45) is 5.84 Å². The fraction of sp³-hybridized carbons (Fsp3) is 0.125. The van der Waals surface area contributed by atoms with Crippen molar-refractivity contribution in [3.63, 3.8) is 0 Å². The quantitative estimate of drug-likeness (QED) is 0.255. The average molecular weight is 181 g/mol. The molecule has 5 heteroatoms. The van der Waals surface area contributed by atoms with Gasteiger partial charge in [0.2, 0.25) is 0 Å². The molecular formula is C8H11N3O2. The summed E-state index contributed by atoms with van der Waals surface area (Å²) in [5.41, 5.74) is 8.77. The highest BCUT2D eigenvalue weighted by molar-refractivity contribution is 5.72. The first-order valence-corrected chi connectivity index (χ1v) is 3.68. The highest BCUT2D eigenvalue weighted by atomic mass is 16.6. The first kappa shape index (κ1) is 9.34. The summed E-state index contributed by atoms with van der Waals surface area (Å²) in [6.07, 6.45) is -0.739. The minimum absolute atomic E-state index is 0.308. The number of ether oxygens (including phenoxy) is 1. The number of hydrogen-bond donors (Lipinski definition) is 3. The van der Waals surface area contributed by atoms with Crippen molar-refractivity contribution in [3.8, 4) is 5.75 Å². The number of hydrazine groups is 1. The Bertz CT molecular complexity index is 325. The molecule has 1 aromatic rings. The van der Waals surface area contributed by atoms with E-state index in [0.717, 1.165) is 5.56 Å². The monoisotopic (exact) mass is 181 g/mol. The maximum atomic E-state index is 10.7. The number of hydrogen-bond acceptors (Lipinski definition) is 4. The Morgan fingerprint density at radius 3 is 2.85 bits per heavy atom. The molecule has 0 aliphatic heterocycles. The topological polar surface area (TPSA) is 90.4 Å². The SMILES string of the molecule is Cc1cccc(OC(=O)NN)c1N. The van der Waals surface area contributed by atoms with E-state index >= 15 is 0 Å². The molecule has 1 amide bonds. The van der Waals surface area contributed by atoms with Crippen LogP contribution >= 0.6 is 0 Å². The summed E-state index contributed by atoms with van der Waals surface area (Å²) >= 11 is 0. The summed E-state index contributed by atoms with van der Waals surface area (Å²) in [4.78, 5) is 10.7. The van der Waals surface area contributed by atoms with E-state index in [1.54, 1.807) is 12.1 Å². The van der Waals surface area contributed by atoms with Gasteiger partial charge in [0.1, 0.15) is 0 Å². The standard InChI is InChI=1S/C8H11N3O2/c1-5-3-2-4-6(7(5)9)13-8(12)11-10/h2-4H,9-10H2,1H3,(H,11,12). The molecule has 13 heavy (non-hydrogen) atoms. The molecule has 1 rings (SSSR count). The zero-order valence-corrected chi connectivity index (χ0v) is 7.20. The summed E-state index contributed by atoms with van der Waals surface area (Å²) in [5, 5.41) is 0. The molecule has 0 saturated carbocycles. The number of anilines is 1. The Kier molecular flexibility index (Phi) is 2.71. The van der Waals surface area contributed by atoms with Crippen LogP contribution in [0.1, 0.15) is 5.56 Å². The molecule has 0 spiro atoms. The molecule has 0 fully saturated rings. The van der Waals surface area contributed by atoms with E-state index in [1.165, 1.54) is 0 Å². The predicted octanol–water partition coefficient (Wildman–Crippen LogP) is 0.539. The molecule has 0 aliphatic rings. The maximum absolute atomic E-state index is 10.7. The first-order valence-electron chi connectivity index (χ1n) is 3.68. The second kappa shape index (κ2) is 3.77. The molecule has 0 unspecified atom stereocenters. The Morgan fingerprint density at radius 2 is 2.23 bits per heavy atom. The van der Waals surface area contributed by atoms with E-state index in [1.807, 2.05) is 18.4 Å². The van der Waals surface area contributed by atoms with E-state index in [-0.39, 0.29) is 0 Å². The Balaban J connectivity index is 2.89. The molecule has 0 atom stereocenters. The van der Waals surface area contributed by atoms with Gasteiger partial charge in [-0.3, -0.25) is 5.43 Å². The molecule has 0 aliphatic carbocycles. The van der Waals surface area contributed by atoms with Gasteiger partial charge >= 0.3 is 6.09 Å². The third-order valence-electron chi connectivity index (χ3n) is 1.60. The lowest BCUT2D eigenvalue weighted by molar-refractivity contribution is 0.201. The number of rotatable bonds is 1. The van der Waals surface area contributed by atoms with Crippen LogP contribution in [0.4, 0.5) is 10.5 Å². The number of amides is 1. The van der Waals surface area contributed by atoms with Crippen LogP contribution in [0.3, 0.4) is 0 Å². The van der Waals surface area contributed by atoms with Crippen LogP contribution in [-0.4, -0.2) is 6.09 Å². The second-order valence-electron chi connectivity index (χ2n) is 2.52. The van der Waals surface area contributed by atoms with Gasteiger partial charge in [0.15, 0.2) is 5.75 Å². The van der Waals surface area contributed by atoms with Crippen LogP contribution in [0.2, 0.25) is 0 Å². The summed E-state index contributed by atoms with van der Waals surface area (Å²) in [6.45, 7) is 1.82. The largest absolute Gasteiger partial charge is 0.426 e. The number of benzene rings is 1. The lowest BCUT2D eigenvalue weighted by Gasteiger charge is -2.07. The van der Waals surface area contributed by atoms with Gasteiger partial charge in [-0.1, -0.05) is 12.1 Å². The van der Waals surface area contributed by atoms with Crippen molar-refractivity contribution < 1.29 is 9.53 Å². The molecule has 0 heterocycles. The number of nitrogens with one attached hydrogen (secondary N) is 1. The Hall–Kier alpha value is -1.75. The van der Waals surface area contributed by atoms with E-state index in [9.17, 15) is 4.79 Å². The number of aryl methyl sites for hydroxylation is 1. The summed E-state index contributed by atoms with van der Waals surface area (Å²) in [6, 6.07) is 5.16. The van der Waals surface area contributed by atoms with Crippen LogP contribution in [0.15, 0.2) is 18.2 Å². The van der Waals surface area contributed by atoms with Crippen molar-refractivity contribution in [1.29, 1.82) is 0 Å². The summed E-state index contributed by atoms with van der Waals surface area (Å²) in [7, 11) is 0. The van der Waals surface area contributed by atoms with E-state index < -0.39 is 6.09 Å². The molecule has 5 N–H and O–H groups in total. The maximum Gasteiger partial charge on any atom is 0.426 e. The molecule has 1 aromatic carbocycles. The van der Waals surface area contributed by atoms with Crippen LogP contribution in [0, 0.1) is 6.92 Å². The number of carbonyl (C=O) groups is 1. The van der Waals surface area contributed by atoms with Gasteiger partial charge in [0.25, 0.3) is 0 Å². The zero-order chi connectivity index (χ0) is 9.84. The van der Waals surface area contributed by atoms with Gasteiger partial charge in [-0.2, -0.15) is 0 Å². The summed E-state index contributed by atoms with van der Waals surface area (Å²) < 4.78 is 4.78. The van der Waals surface area contributed by atoms with Crippen molar-refractivity contribution in [3.05, 3.63) is 23.8 Å². The molecule has 0 bridgehead atoms. The smallest absolute Gasteiger partial charge is 0.407 e. The van der Waals surface area contributed by atoms with Crippen LogP contribution in [-0.2, 0) is 0 Å². The normalized spacial score (nSPS) is 9.38. The number of nitrogens with two attached hydrogens (primary N) is 2. The molecule has 0 saturated heterocycles. The lowest BCUT2D eigenvalue weighted by Crippen LogP contribution is -2.33. The van der Waals surface area contributed by atoms with Gasteiger partial charge in [0, 0.05) is 0 Å². The third-order valence-corrected chi connectivity index (χ3v) is 1.60. The third kappa shape index (κ3) is 2.09. The van der Waals surface area contributed by atoms with Crippen molar-refractivity contribution >= 4 is 11.8 Å². The second-order valence-corrected chi connectivity index (χ2v) is 2.52. The number of carbonyl (C=O) groups excluding carboxylic acids is 1. The van der Waals surface area contributed by atoms with E-state index in [2.05, 4.69) is 0 Å². The highest BCUT2D eigenvalue weighted by Crippen LogP contribution is 2.24. The predicted molar refractivity (Wildman–Crippen MR) is 48.9 cm³/mol. The van der Waals surface area contributed by atoms with Gasteiger partial charge in [-0.15, -0.1) is 0 Å². The molecule has 0 radical (unpaired) electrons. The number of nitrogen functional groups attached to an aromatic ring is 1. The molecule has 70 valence electrons. The molecule has 0 aromatic heterocycles. The van der Waals surface area contributed by atoms with Crippen LogP contribution in [0.25, 0.3) is 0 Å². The van der Waals surface area contributed by atoms with E-state index in [0.29, 0.717) is 11.4 Å². The minimum Gasteiger partial charge on any atom is -0.407 e. The fourth-order valence-corrected chi connectivity index (χ4v) is 0.872. The molecule has 5 nitrogen and oxygen atoms in total. The highest BCUT2D eigenvalue weighted by Gasteiger charge is 2.06. The average Bonchev–Trinajstić information content (AvgIpc) is 2.13. The van der Waals surface area contributed by atoms with Crippen molar-refractivity contribution in [2.45, 2.75) is 6.92 Å². The zero-order valence-electron chi connectivity index (χ0n) is 7.20. The van der Waals surface area contributed by atoms with Crippen molar-refractivity contribution in [1.82, 2.24) is 5.43 Å². The van der Waals surface area contributed by atoms with Gasteiger partial charge in [0.05, 0.1) is 5.69 Å². The fourth-order valence-electron chi connectivity index (χ4n) is 0.872. The van der Waals surface area contributed by atoms with Gasteiger partial charge < -0.3 is 10.5 Å². The van der Waals surface area contributed by atoms with E-state index in [4.69, 9.17) is 16.3 Å². The van der Waals surface area contributed by atoms with Gasteiger partial charge in [-0.05, 0) is 18.6 Å². The Morgan fingerprint density at radius 1 is 1.54 bits per heavy atom. The summed E-state index contributed by atoms with van der Waals surface area (Å²) in [5.74, 6) is 5.15. The van der Waals surface area contributed by atoms with Crippen LogP contribution < -0.4 is 21.7 Å². The Labute approximate surface area is 75.6 Å². The number of para-hydroxylation sites is 1. The first-order chi connectivity index (χ1) is 6.15. The minimum atomic E-state index is -0.739. The lowest BCUT2D eigenvalue weighted by atomic mass is 10.2.